The van der Waals surface area contributed by atoms with Crippen molar-refractivity contribution in [3.63, 3.8) is 0 Å². The van der Waals surface area contributed by atoms with Crippen molar-refractivity contribution in [1.29, 1.82) is 0 Å². The molecule has 0 rings (SSSR count). The Balaban J connectivity index is 7.70. The molecular formula is C24H53NO5P2. The Morgan fingerprint density at radius 3 is 1.06 bits per heavy atom. The van der Waals surface area contributed by atoms with Gasteiger partial charge in [-0.15, -0.1) is 18.5 Å². The zero-order chi connectivity index (χ0) is 25.0. The van der Waals surface area contributed by atoms with Gasteiger partial charge in [0.25, 0.3) is 0 Å². The minimum atomic E-state index is -0.889. The first kappa shape index (κ1) is 32.6. The van der Waals surface area contributed by atoms with Gasteiger partial charge in [0.1, 0.15) is 0 Å². The summed E-state index contributed by atoms with van der Waals surface area (Å²) in [7, 11) is 13.0. The van der Waals surface area contributed by atoms with Crippen LogP contribution in [0.4, 0.5) is 0 Å². The maximum absolute atomic E-state index is 7.80. The van der Waals surface area contributed by atoms with Gasteiger partial charge in [-0.25, -0.2) is 0 Å². The third-order valence-corrected chi connectivity index (χ3v) is 9.14. The van der Waals surface area contributed by atoms with Crippen molar-refractivity contribution in [2.24, 2.45) is 16.6 Å². The molecule has 6 atom stereocenters. The average molecular weight is 498 g/mol. The van der Waals surface area contributed by atoms with Crippen LogP contribution in [-0.4, -0.2) is 83.9 Å². The molecule has 0 amide bonds. The lowest BCUT2D eigenvalue weighted by Gasteiger charge is -2.65. The Bertz CT molecular complexity index is 421. The first-order chi connectivity index (χ1) is 15.3. The topological polar surface area (TPSA) is 72.2 Å². The second-order valence-corrected chi connectivity index (χ2v) is 9.44. The van der Waals surface area contributed by atoms with Crippen LogP contribution in [-0.2, 0) is 23.7 Å². The molecule has 8 heteroatoms. The Morgan fingerprint density at radius 1 is 0.625 bits per heavy atom. The van der Waals surface area contributed by atoms with E-state index in [9.17, 15) is 0 Å². The first-order valence-corrected chi connectivity index (χ1v) is 13.8. The zero-order valence-corrected chi connectivity index (χ0v) is 24.5. The monoisotopic (exact) mass is 497 g/mol. The zero-order valence-electron chi connectivity index (χ0n) is 22.2. The number of methoxy groups -OCH3 is 4. The SMILES string of the molecule is CCOCC(N)(C(CP)(C(CC)OC)C(CC)OC)C(CP)(C(CC)OC)C(CC)OC. The molecule has 0 aliphatic rings. The first-order valence-electron chi connectivity index (χ1n) is 12.1. The second kappa shape index (κ2) is 15.6. The molecule has 0 heterocycles. The largest absolute Gasteiger partial charge is 0.381 e. The minimum Gasteiger partial charge on any atom is -0.381 e. The van der Waals surface area contributed by atoms with Crippen LogP contribution in [0.15, 0.2) is 0 Å². The van der Waals surface area contributed by atoms with Crippen LogP contribution < -0.4 is 5.73 Å². The van der Waals surface area contributed by atoms with Gasteiger partial charge < -0.3 is 29.4 Å². The minimum absolute atomic E-state index is 0.144. The van der Waals surface area contributed by atoms with Crippen molar-refractivity contribution < 1.29 is 23.7 Å². The van der Waals surface area contributed by atoms with Gasteiger partial charge in [0.05, 0.1) is 36.6 Å². The fourth-order valence-corrected chi connectivity index (χ4v) is 8.16. The van der Waals surface area contributed by atoms with E-state index < -0.39 is 16.4 Å². The van der Waals surface area contributed by atoms with Crippen molar-refractivity contribution in [2.45, 2.75) is 90.3 Å². The smallest absolute Gasteiger partial charge is 0.0671 e. The predicted molar refractivity (Wildman–Crippen MR) is 142 cm³/mol. The van der Waals surface area contributed by atoms with Crippen LogP contribution in [0, 0.1) is 10.8 Å². The lowest BCUT2D eigenvalue weighted by atomic mass is 9.49. The molecule has 0 aromatic carbocycles. The molecule has 0 saturated heterocycles. The van der Waals surface area contributed by atoms with E-state index >= 15 is 0 Å². The summed E-state index contributed by atoms with van der Waals surface area (Å²) in [6.45, 7) is 11.5. The van der Waals surface area contributed by atoms with Crippen LogP contribution in [0.1, 0.15) is 60.3 Å². The van der Waals surface area contributed by atoms with Crippen LogP contribution in [0.5, 0.6) is 0 Å². The standard InChI is InChI=1S/C24H53NO5P2/c1-10-18(26-6)22(16-31,19(11-2)27-7)24(25,15-30-14-5)23(17-32,20(12-3)28-8)21(13-4)29-9/h18-21H,10-17,25,31-32H2,1-9H3. The third-order valence-electron chi connectivity index (χ3n) is 7.79. The molecule has 0 fully saturated rings. The van der Waals surface area contributed by atoms with Crippen LogP contribution in [0.2, 0.25) is 0 Å². The lowest BCUT2D eigenvalue weighted by molar-refractivity contribution is -0.226. The van der Waals surface area contributed by atoms with Gasteiger partial charge in [-0.05, 0) is 44.9 Å². The van der Waals surface area contributed by atoms with E-state index in [1.807, 2.05) is 6.92 Å². The molecule has 0 bridgehead atoms. The molecule has 0 saturated carbocycles. The summed E-state index contributed by atoms with van der Waals surface area (Å²) < 4.78 is 30.9. The fraction of sp³-hybridized carbons (Fsp3) is 1.00. The van der Waals surface area contributed by atoms with E-state index in [2.05, 4.69) is 46.2 Å². The summed E-state index contributed by atoms with van der Waals surface area (Å²) >= 11 is 0. The number of nitrogens with two attached hydrogens (primary N) is 1. The van der Waals surface area contributed by atoms with Gasteiger partial charge in [-0.3, -0.25) is 0 Å². The summed E-state index contributed by atoms with van der Waals surface area (Å²) in [6.07, 6.45) is 4.03. The Hall–Kier alpha value is 0.620. The Labute approximate surface area is 203 Å². The summed E-state index contributed by atoms with van der Waals surface area (Å²) in [5.74, 6) is 0. The van der Waals surface area contributed by atoms with Crippen LogP contribution >= 0.6 is 18.5 Å². The molecule has 6 nitrogen and oxygen atoms in total. The molecule has 0 aromatic rings. The predicted octanol–water partition coefficient (Wildman–Crippen LogP) is 4.14. The van der Waals surface area contributed by atoms with Gasteiger partial charge in [0.15, 0.2) is 0 Å². The van der Waals surface area contributed by atoms with Crippen molar-refractivity contribution in [3.8, 4) is 0 Å². The summed E-state index contributed by atoms with van der Waals surface area (Å²) in [5.41, 5.74) is 5.76. The summed E-state index contributed by atoms with van der Waals surface area (Å²) in [5, 5.41) is 0. The maximum atomic E-state index is 7.80. The highest BCUT2D eigenvalue weighted by Crippen LogP contribution is 2.57. The molecule has 0 aliphatic heterocycles. The Kier molecular flexibility index (Phi) is 15.9. The molecule has 0 radical (unpaired) electrons. The molecule has 0 spiro atoms. The molecule has 0 aliphatic carbocycles. The number of hydrogen-bond donors (Lipinski definition) is 1. The average Bonchev–Trinajstić information content (AvgIpc) is 2.82. The highest BCUT2D eigenvalue weighted by atomic mass is 31.0. The van der Waals surface area contributed by atoms with Gasteiger partial charge >= 0.3 is 0 Å². The summed E-state index contributed by atoms with van der Waals surface area (Å²) in [6, 6.07) is 0. The third kappa shape index (κ3) is 5.54. The van der Waals surface area contributed by atoms with Crippen LogP contribution in [0.25, 0.3) is 0 Å². The van der Waals surface area contributed by atoms with E-state index in [-0.39, 0.29) is 24.4 Å². The van der Waals surface area contributed by atoms with Gasteiger partial charge in [0.2, 0.25) is 0 Å². The highest BCUT2D eigenvalue weighted by Gasteiger charge is 2.69. The van der Waals surface area contributed by atoms with E-state index in [1.165, 1.54) is 0 Å². The van der Waals surface area contributed by atoms with E-state index in [0.717, 1.165) is 25.7 Å². The van der Waals surface area contributed by atoms with E-state index in [1.54, 1.807) is 28.4 Å². The maximum Gasteiger partial charge on any atom is 0.0671 e. The van der Waals surface area contributed by atoms with Gasteiger partial charge in [-0.2, -0.15) is 0 Å². The van der Waals surface area contributed by atoms with E-state index in [4.69, 9.17) is 29.4 Å². The van der Waals surface area contributed by atoms with Crippen molar-refractivity contribution in [2.75, 3.05) is 54.0 Å². The van der Waals surface area contributed by atoms with Gasteiger partial charge in [-0.1, -0.05) is 27.7 Å². The Morgan fingerprint density at radius 2 is 0.906 bits per heavy atom. The fourth-order valence-electron chi connectivity index (χ4n) is 6.38. The second-order valence-electron chi connectivity index (χ2n) is 8.63. The lowest BCUT2D eigenvalue weighted by Crippen LogP contribution is -2.81. The number of hydrogen-bond acceptors (Lipinski definition) is 6. The molecule has 194 valence electrons. The van der Waals surface area contributed by atoms with Crippen molar-refractivity contribution in [1.82, 2.24) is 0 Å². The molecular weight excluding hydrogens is 444 g/mol. The van der Waals surface area contributed by atoms with Crippen LogP contribution in [0.3, 0.4) is 0 Å². The molecule has 6 unspecified atom stereocenters. The molecule has 32 heavy (non-hydrogen) atoms. The molecule has 2 N–H and O–H groups in total. The van der Waals surface area contributed by atoms with Gasteiger partial charge in [0, 0.05) is 45.9 Å². The van der Waals surface area contributed by atoms with Crippen molar-refractivity contribution >= 4 is 18.5 Å². The quantitative estimate of drug-likeness (QED) is 0.271. The number of ether oxygens (including phenoxy) is 5. The van der Waals surface area contributed by atoms with Crippen molar-refractivity contribution in [3.05, 3.63) is 0 Å². The number of rotatable bonds is 19. The summed E-state index contributed by atoms with van der Waals surface area (Å²) in [4.78, 5) is 0. The highest BCUT2D eigenvalue weighted by molar-refractivity contribution is 7.16. The molecule has 0 aromatic heterocycles. The van der Waals surface area contributed by atoms with E-state index in [0.29, 0.717) is 25.5 Å². The normalized spacial score (nSPS) is 21.8.